The summed E-state index contributed by atoms with van der Waals surface area (Å²) in [6.07, 6.45) is 5.11. The maximum atomic E-state index is 10.2. The normalized spacial score (nSPS) is 13.5. The van der Waals surface area contributed by atoms with Crippen LogP contribution in [0.3, 0.4) is 0 Å². The van der Waals surface area contributed by atoms with Crippen LogP contribution in [0.5, 0.6) is 0 Å². The van der Waals surface area contributed by atoms with E-state index in [1.54, 1.807) is 6.08 Å². The van der Waals surface area contributed by atoms with Gasteiger partial charge in [-0.25, -0.2) is 0 Å². The summed E-state index contributed by atoms with van der Waals surface area (Å²) in [5, 5.41) is 13.3. The van der Waals surface area contributed by atoms with Crippen LogP contribution in [0.2, 0.25) is 0 Å². The summed E-state index contributed by atoms with van der Waals surface area (Å²) in [5.41, 5.74) is 0.213. The summed E-state index contributed by atoms with van der Waals surface area (Å²) < 4.78 is 0. The quantitative estimate of drug-likeness (QED) is 0.693. The smallest absolute Gasteiger partial charge is 0.0902 e. The highest BCUT2D eigenvalue weighted by atomic mass is 16.3. The van der Waals surface area contributed by atoms with Crippen molar-refractivity contribution in [2.75, 3.05) is 13.6 Å². The van der Waals surface area contributed by atoms with Crippen LogP contribution in [-0.4, -0.2) is 24.3 Å². The molecule has 17 heavy (non-hydrogen) atoms. The summed E-state index contributed by atoms with van der Waals surface area (Å²) in [6, 6.07) is 0. The Morgan fingerprint density at radius 2 is 1.76 bits per heavy atom. The molecule has 2 nitrogen and oxygen atoms in total. The maximum Gasteiger partial charge on any atom is 0.0902 e. The van der Waals surface area contributed by atoms with Crippen LogP contribution >= 0.6 is 0 Å². The predicted molar refractivity (Wildman–Crippen MR) is 80.4 cm³/mol. The average Bonchev–Trinajstić information content (AvgIpc) is 2.42. The Bertz CT molecular complexity index is 187. The van der Waals surface area contributed by atoms with Gasteiger partial charge in [-0.1, -0.05) is 53.3 Å². The molecule has 0 aliphatic heterocycles. The van der Waals surface area contributed by atoms with Crippen molar-refractivity contribution < 1.29 is 5.11 Å². The van der Waals surface area contributed by atoms with Gasteiger partial charge in [0.1, 0.15) is 0 Å². The molecule has 0 rings (SSSR count). The van der Waals surface area contributed by atoms with E-state index in [4.69, 9.17) is 0 Å². The molecule has 0 amide bonds. The third-order valence-electron chi connectivity index (χ3n) is 2.44. The number of nitrogens with one attached hydrogen (secondary N) is 1. The lowest BCUT2D eigenvalue weighted by Gasteiger charge is -2.28. The molecular formula is C15H33NO. The Kier molecular flexibility index (Phi) is 19.6. The van der Waals surface area contributed by atoms with Crippen LogP contribution in [0, 0.1) is 0 Å². The van der Waals surface area contributed by atoms with Crippen molar-refractivity contribution in [2.24, 2.45) is 0 Å². The SMILES string of the molecule is C=C/C(=C\C)C(O)(CC)CCNC.CC.CC. The molecule has 0 saturated carbocycles. The first-order chi connectivity index (χ1) is 8.14. The second-order valence-corrected chi connectivity index (χ2v) is 3.19. The lowest BCUT2D eigenvalue weighted by molar-refractivity contribution is 0.0691. The van der Waals surface area contributed by atoms with Crippen LogP contribution in [0.25, 0.3) is 0 Å². The molecule has 1 unspecified atom stereocenters. The van der Waals surface area contributed by atoms with Crippen LogP contribution in [0.4, 0.5) is 0 Å². The lowest BCUT2D eigenvalue weighted by Crippen LogP contribution is -2.33. The topological polar surface area (TPSA) is 32.3 Å². The number of aliphatic hydroxyl groups is 1. The molecule has 0 saturated heterocycles. The first-order valence-electron chi connectivity index (χ1n) is 6.80. The minimum Gasteiger partial charge on any atom is -0.385 e. The van der Waals surface area contributed by atoms with E-state index in [1.165, 1.54) is 0 Å². The zero-order valence-electron chi connectivity index (χ0n) is 12.9. The molecule has 104 valence electrons. The fourth-order valence-corrected chi connectivity index (χ4v) is 1.43. The van der Waals surface area contributed by atoms with Crippen molar-refractivity contribution in [3.05, 3.63) is 24.3 Å². The predicted octanol–water partition coefficient (Wildman–Crippen LogP) is 3.92. The van der Waals surface area contributed by atoms with Gasteiger partial charge in [-0.3, -0.25) is 0 Å². The molecule has 0 aliphatic carbocycles. The van der Waals surface area contributed by atoms with Gasteiger partial charge in [0.2, 0.25) is 0 Å². The first-order valence-corrected chi connectivity index (χ1v) is 6.80. The van der Waals surface area contributed by atoms with Crippen molar-refractivity contribution in [1.29, 1.82) is 0 Å². The molecule has 0 aromatic heterocycles. The van der Waals surface area contributed by atoms with Crippen LogP contribution < -0.4 is 5.32 Å². The van der Waals surface area contributed by atoms with Crippen LogP contribution in [0.1, 0.15) is 54.4 Å². The second-order valence-electron chi connectivity index (χ2n) is 3.19. The molecule has 0 aromatic rings. The molecule has 2 N–H and O–H groups in total. The van der Waals surface area contributed by atoms with Gasteiger partial charge in [0, 0.05) is 0 Å². The molecule has 0 heterocycles. The Morgan fingerprint density at radius 1 is 1.29 bits per heavy atom. The molecule has 0 aromatic carbocycles. The third kappa shape index (κ3) is 9.13. The number of hydrogen-bond donors (Lipinski definition) is 2. The largest absolute Gasteiger partial charge is 0.385 e. The molecule has 2 heteroatoms. The van der Waals surface area contributed by atoms with Gasteiger partial charge in [-0.05, 0) is 38.9 Å². The van der Waals surface area contributed by atoms with Gasteiger partial charge in [0.25, 0.3) is 0 Å². The number of allylic oxidation sites excluding steroid dienone is 1. The number of hydrogen-bond acceptors (Lipinski definition) is 2. The minimum atomic E-state index is -0.709. The van der Waals surface area contributed by atoms with Crippen molar-refractivity contribution in [3.8, 4) is 0 Å². The molecular weight excluding hydrogens is 210 g/mol. The Labute approximate surface area is 109 Å². The minimum absolute atomic E-state index is 0.709. The van der Waals surface area contributed by atoms with E-state index in [2.05, 4.69) is 11.9 Å². The van der Waals surface area contributed by atoms with Gasteiger partial charge in [0.15, 0.2) is 0 Å². The standard InChI is InChI=1S/C11H21NO.2C2H6/c1-5-10(6-2)11(13,7-3)8-9-12-4;2*1-2/h5-6,12-13H,1,7-9H2,2-4H3;2*1-2H3/b10-6+;;. The van der Waals surface area contributed by atoms with Gasteiger partial charge >= 0.3 is 0 Å². The second kappa shape index (κ2) is 15.4. The molecule has 0 bridgehead atoms. The molecule has 0 radical (unpaired) electrons. The van der Waals surface area contributed by atoms with E-state index >= 15 is 0 Å². The fraction of sp³-hybridized carbons (Fsp3) is 0.733. The zero-order chi connectivity index (χ0) is 14.3. The van der Waals surface area contributed by atoms with Crippen molar-refractivity contribution in [2.45, 2.75) is 60.0 Å². The lowest BCUT2D eigenvalue weighted by atomic mass is 9.87. The van der Waals surface area contributed by atoms with E-state index in [0.717, 1.165) is 25.0 Å². The van der Waals surface area contributed by atoms with E-state index in [0.29, 0.717) is 0 Å². The van der Waals surface area contributed by atoms with E-state index < -0.39 is 5.60 Å². The molecule has 0 spiro atoms. The van der Waals surface area contributed by atoms with E-state index in [1.807, 2.05) is 54.7 Å². The van der Waals surface area contributed by atoms with Crippen LogP contribution in [0.15, 0.2) is 24.3 Å². The first kappa shape index (κ1) is 21.7. The summed E-state index contributed by atoms with van der Waals surface area (Å²) in [6.45, 7) is 16.4. The summed E-state index contributed by atoms with van der Waals surface area (Å²) in [5.74, 6) is 0. The highest BCUT2D eigenvalue weighted by molar-refractivity contribution is 5.26. The van der Waals surface area contributed by atoms with E-state index in [-0.39, 0.29) is 0 Å². The van der Waals surface area contributed by atoms with Crippen molar-refractivity contribution in [3.63, 3.8) is 0 Å². The molecule has 0 fully saturated rings. The fourth-order valence-electron chi connectivity index (χ4n) is 1.43. The Balaban J connectivity index is -0.000000439. The van der Waals surface area contributed by atoms with Gasteiger partial charge < -0.3 is 10.4 Å². The van der Waals surface area contributed by atoms with Crippen LogP contribution in [-0.2, 0) is 0 Å². The van der Waals surface area contributed by atoms with Crippen molar-refractivity contribution in [1.82, 2.24) is 5.32 Å². The van der Waals surface area contributed by atoms with Gasteiger partial charge in [-0.15, -0.1) is 0 Å². The third-order valence-corrected chi connectivity index (χ3v) is 2.44. The monoisotopic (exact) mass is 243 g/mol. The zero-order valence-corrected chi connectivity index (χ0v) is 12.9. The molecule has 1 atom stereocenters. The van der Waals surface area contributed by atoms with Gasteiger partial charge in [-0.2, -0.15) is 0 Å². The van der Waals surface area contributed by atoms with Gasteiger partial charge in [0.05, 0.1) is 5.60 Å². The summed E-state index contributed by atoms with van der Waals surface area (Å²) >= 11 is 0. The Hall–Kier alpha value is -0.600. The summed E-state index contributed by atoms with van der Waals surface area (Å²) in [7, 11) is 1.89. The highest BCUT2D eigenvalue weighted by Crippen LogP contribution is 2.25. The average molecular weight is 243 g/mol. The van der Waals surface area contributed by atoms with E-state index in [9.17, 15) is 5.11 Å². The molecule has 0 aliphatic rings. The highest BCUT2D eigenvalue weighted by Gasteiger charge is 2.26. The summed E-state index contributed by atoms with van der Waals surface area (Å²) in [4.78, 5) is 0. The maximum absolute atomic E-state index is 10.2. The number of rotatable bonds is 6. The van der Waals surface area contributed by atoms with Crippen molar-refractivity contribution >= 4 is 0 Å². The Morgan fingerprint density at radius 3 is 2.00 bits per heavy atom.